The summed E-state index contributed by atoms with van der Waals surface area (Å²) in [4.78, 5) is 14.9. The number of anilines is 2. The molecule has 8 heteroatoms. The molecule has 6 nitrogen and oxygen atoms in total. The smallest absolute Gasteiger partial charge is 0.267 e. The average molecular weight is 396 g/mol. The van der Waals surface area contributed by atoms with E-state index in [0.29, 0.717) is 36.6 Å². The summed E-state index contributed by atoms with van der Waals surface area (Å²) in [5, 5.41) is 3.51. The molecular formula is C21H22F2N6. The zero-order chi connectivity index (χ0) is 20.0. The van der Waals surface area contributed by atoms with Gasteiger partial charge in [0.25, 0.3) is 6.43 Å². The van der Waals surface area contributed by atoms with Crippen LogP contribution in [0.1, 0.15) is 36.1 Å². The first-order valence-corrected chi connectivity index (χ1v) is 9.80. The van der Waals surface area contributed by atoms with E-state index in [1.54, 1.807) is 12.4 Å². The van der Waals surface area contributed by atoms with Gasteiger partial charge in [0.05, 0.1) is 33.7 Å². The molecule has 2 aromatic heterocycles. The van der Waals surface area contributed by atoms with Crippen LogP contribution in [0.25, 0.3) is 11.0 Å². The highest BCUT2D eigenvalue weighted by Gasteiger charge is 2.46. The Labute approximate surface area is 167 Å². The van der Waals surface area contributed by atoms with E-state index < -0.39 is 6.43 Å². The van der Waals surface area contributed by atoms with Gasteiger partial charge in [-0.2, -0.15) is 0 Å². The Morgan fingerprint density at radius 1 is 1.14 bits per heavy atom. The quantitative estimate of drug-likeness (QED) is 0.706. The number of aromatic nitrogens is 3. The molecule has 0 amide bonds. The van der Waals surface area contributed by atoms with Gasteiger partial charge in [-0.15, -0.1) is 0 Å². The number of pyridine rings is 1. The molecule has 1 aromatic carbocycles. The second-order valence-corrected chi connectivity index (χ2v) is 7.91. The molecule has 3 aromatic rings. The van der Waals surface area contributed by atoms with Crippen molar-refractivity contribution in [1.82, 2.24) is 20.3 Å². The van der Waals surface area contributed by atoms with Crippen molar-refractivity contribution in [3.8, 4) is 0 Å². The fraction of sp³-hybridized carbons (Fsp3) is 0.381. The Kier molecular flexibility index (Phi) is 4.31. The van der Waals surface area contributed by atoms with Crippen LogP contribution in [0.15, 0.2) is 36.8 Å². The molecule has 3 heterocycles. The number of nitrogens with zero attached hydrogens (tertiary/aromatic N) is 4. The normalized spacial score (nSPS) is 18.0. The number of nitrogens with one attached hydrogen (secondary N) is 1. The van der Waals surface area contributed by atoms with Gasteiger partial charge >= 0.3 is 0 Å². The molecule has 3 N–H and O–H groups in total. The second-order valence-electron chi connectivity index (χ2n) is 7.91. The minimum absolute atomic E-state index is 0.0601. The fourth-order valence-electron chi connectivity index (χ4n) is 4.17. The molecule has 5 rings (SSSR count). The van der Waals surface area contributed by atoms with Gasteiger partial charge in [-0.05, 0) is 30.5 Å². The number of nitrogen functional groups attached to an aromatic ring is 1. The van der Waals surface area contributed by atoms with E-state index >= 15 is 0 Å². The van der Waals surface area contributed by atoms with Crippen LogP contribution in [-0.4, -0.2) is 40.1 Å². The maximum atomic E-state index is 13.8. The lowest BCUT2D eigenvalue weighted by molar-refractivity contribution is 0.151. The molecule has 0 bridgehead atoms. The van der Waals surface area contributed by atoms with Crippen molar-refractivity contribution in [3.63, 3.8) is 0 Å². The Morgan fingerprint density at radius 2 is 1.93 bits per heavy atom. The SMILES string of the molecule is Nc1c(Cc2ccc3nccnc3c2)ncc(C(F)F)c1N1CCNC2(CC2)C1. The van der Waals surface area contributed by atoms with Gasteiger partial charge < -0.3 is 16.0 Å². The molecule has 1 spiro atoms. The number of hydrogen-bond acceptors (Lipinski definition) is 6. The van der Waals surface area contributed by atoms with E-state index in [2.05, 4.69) is 20.3 Å². The summed E-state index contributed by atoms with van der Waals surface area (Å²) in [6.45, 7) is 2.12. The zero-order valence-electron chi connectivity index (χ0n) is 15.9. The third kappa shape index (κ3) is 3.37. The summed E-state index contributed by atoms with van der Waals surface area (Å²) in [7, 11) is 0. The average Bonchev–Trinajstić information content (AvgIpc) is 3.47. The summed E-state index contributed by atoms with van der Waals surface area (Å²) in [6, 6.07) is 5.78. The lowest BCUT2D eigenvalue weighted by Crippen LogP contribution is -2.53. The summed E-state index contributed by atoms with van der Waals surface area (Å²) in [5.41, 5.74) is 10.4. The van der Waals surface area contributed by atoms with Gasteiger partial charge in [-0.1, -0.05) is 6.07 Å². The summed E-state index contributed by atoms with van der Waals surface area (Å²) in [5.74, 6) is 0. The van der Waals surface area contributed by atoms with Crippen LogP contribution in [0.3, 0.4) is 0 Å². The van der Waals surface area contributed by atoms with E-state index in [4.69, 9.17) is 5.73 Å². The largest absolute Gasteiger partial charge is 0.396 e. The van der Waals surface area contributed by atoms with Crippen molar-refractivity contribution in [3.05, 3.63) is 53.6 Å². The first-order chi connectivity index (χ1) is 14.0. The van der Waals surface area contributed by atoms with Crippen LogP contribution < -0.4 is 16.0 Å². The highest BCUT2D eigenvalue weighted by Crippen LogP contribution is 2.43. The van der Waals surface area contributed by atoms with E-state index in [1.807, 2.05) is 23.1 Å². The molecule has 0 radical (unpaired) electrons. The number of rotatable bonds is 4. The summed E-state index contributed by atoms with van der Waals surface area (Å²) >= 11 is 0. The Bertz CT molecular complexity index is 1070. The van der Waals surface area contributed by atoms with E-state index in [9.17, 15) is 8.78 Å². The van der Waals surface area contributed by atoms with Gasteiger partial charge in [0.15, 0.2) is 0 Å². The molecule has 1 aliphatic heterocycles. The van der Waals surface area contributed by atoms with E-state index in [0.717, 1.165) is 36.0 Å². The molecule has 0 atom stereocenters. The molecule has 150 valence electrons. The standard InChI is InChI=1S/C21H22F2N6/c22-20(23)14-11-27-17(10-13-1-2-15-16(9-13)26-6-5-25-15)18(24)19(14)29-8-7-28-21(12-29)3-4-21/h1-2,5-6,9,11,20,28H,3-4,7-8,10,12,24H2. The van der Waals surface area contributed by atoms with E-state index in [1.165, 1.54) is 6.20 Å². The third-order valence-corrected chi connectivity index (χ3v) is 5.88. The van der Waals surface area contributed by atoms with Crippen molar-refractivity contribution < 1.29 is 8.78 Å². The highest BCUT2D eigenvalue weighted by molar-refractivity contribution is 5.76. The maximum absolute atomic E-state index is 13.8. The summed E-state index contributed by atoms with van der Waals surface area (Å²) in [6.07, 6.45) is 4.56. The molecule has 29 heavy (non-hydrogen) atoms. The van der Waals surface area contributed by atoms with Crippen LogP contribution in [-0.2, 0) is 6.42 Å². The van der Waals surface area contributed by atoms with Crippen molar-refractivity contribution in [2.24, 2.45) is 0 Å². The van der Waals surface area contributed by atoms with Crippen LogP contribution in [0.2, 0.25) is 0 Å². The minimum Gasteiger partial charge on any atom is -0.396 e. The number of nitrogens with two attached hydrogens (primary N) is 1. The molecule has 2 fully saturated rings. The maximum Gasteiger partial charge on any atom is 0.267 e. The lowest BCUT2D eigenvalue weighted by Gasteiger charge is -2.37. The Morgan fingerprint density at radius 3 is 2.69 bits per heavy atom. The molecule has 2 aliphatic rings. The number of alkyl halides is 2. The molecule has 0 unspecified atom stereocenters. The van der Waals surface area contributed by atoms with Crippen LogP contribution in [0.5, 0.6) is 0 Å². The van der Waals surface area contributed by atoms with Crippen molar-refractivity contribution in [1.29, 1.82) is 0 Å². The van der Waals surface area contributed by atoms with Crippen LogP contribution in [0, 0.1) is 0 Å². The number of hydrogen-bond donors (Lipinski definition) is 2. The first-order valence-electron chi connectivity index (χ1n) is 9.80. The second kappa shape index (κ2) is 6.88. The predicted molar refractivity (Wildman–Crippen MR) is 108 cm³/mol. The number of halogens is 2. The Balaban J connectivity index is 1.51. The Hall–Kier alpha value is -2.87. The molecule has 1 aliphatic carbocycles. The van der Waals surface area contributed by atoms with Gasteiger partial charge in [0, 0.05) is 50.2 Å². The lowest BCUT2D eigenvalue weighted by atomic mass is 10.0. The number of benzene rings is 1. The monoisotopic (exact) mass is 396 g/mol. The molecule has 1 saturated heterocycles. The van der Waals surface area contributed by atoms with Gasteiger partial charge in [-0.3, -0.25) is 15.0 Å². The van der Waals surface area contributed by atoms with Gasteiger partial charge in [0.2, 0.25) is 0 Å². The fourth-order valence-corrected chi connectivity index (χ4v) is 4.17. The minimum atomic E-state index is -2.62. The first kappa shape index (κ1) is 18.2. The highest BCUT2D eigenvalue weighted by atomic mass is 19.3. The van der Waals surface area contributed by atoms with Crippen LogP contribution >= 0.6 is 0 Å². The van der Waals surface area contributed by atoms with Crippen molar-refractivity contribution in [2.75, 3.05) is 30.3 Å². The zero-order valence-corrected chi connectivity index (χ0v) is 15.9. The topological polar surface area (TPSA) is 80.0 Å². The van der Waals surface area contributed by atoms with Crippen molar-refractivity contribution in [2.45, 2.75) is 31.2 Å². The number of fused-ring (bicyclic) bond motifs is 1. The van der Waals surface area contributed by atoms with Crippen LogP contribution in [0.4, 0.5) is 20.2 Å². The third-order valence-electron chi connectivity index (χ3n) is 5.88. The molecular weight excluding hydrogens is 374 g/mol. The van der Waals surface area contributed by atoms with Gasteiger partial charge in [-0.25, -0.2) is 8.78 Å². The molecule has 1 saturated carbocycles. The summed E-state index contributed by atoms with van der Waals surface area (Å²) < 4.78 is 27.5. The van der Waals surface area contributed by atoms with Gasteiger partial charge in [0.1, 0.15) is 0 Å². The van der Waals surface area contributed by atoms with Crippen molar-refractivity contribution >= 4 is 22.4 Å². The number of piperazine rings is 1. The van der Waals surface area contributed by atoms with E-state index in [-0.39, 0.29) is 11.1 Å². The predicted octanol–water partition coefficient (Wildman–Crippen LogP) is 3.08.